The third-order valence-corrected chi connectivity index (χ3v) is 0.801. The molecule has 0 unspecified atom stereocenters. The Kier molecular flexibility index (Phi) is 4.72. The van der Waals surface area contributed by atoms with Crippen LogP contribution in [0, 0.1) is 0 Å². The fourth-order valence-corrected chi connectivity index (χ4v) is 0.389. The highest BCUT2D eigenvalue weighted by atomic mass is 16.4. The van der Waals surface area contributed by atoms with Crippen LogP contribution in [0.1, 0.15) is 19.8 Å². The molecule has 0 bridgehead atoms. The molecule has 0 aromatic heterocycles. The molecular formula is C6H10N2O3. The predicted molar refractivity (Wildman–Crippen MR) is 39.2 cm³/mol. The first-order chi connectivity index (χ1) is 5.13. The Morgan fingerprint density at radius 2 is 2.27 bits per heavy atom. The Balaban J connectivity index is 3.30. The third-order valence-electron chi connectivity index (χ3n) is 0.801. The molecule has 1 amide bonds. The Morgan fingerprint density at radius 1 is 1.64 bits per heavy atom. The largest absolute Gasteiger partial charge is 0.481 e. The molecule has 62 valence electrons. The lowest BCUT2D eigenvalue weighted by atomic mass is 10.3. The van der Waals surface area contributed by atoms with Crippen LogP contribution in [0.2, 0.25) is 0 Å². The van der Waals surface area contributed by atoms with Crippen LogP contribution in [-0.4, -0.2) is 23.2 Å². The zero-order valence-corrected chi connectivity index (χ0v) is 6.20. The van der Waals surface area contributed by atoms with Gasteiger partial charge in [-0.25, -0.2) is 5.43 Å². The van der Waals surface area contributed by atoms with Crippen LogP contribution in [0.5, 0.6) is 0 Å². The summed E-state index contributed by atoms with van der Waals surface area (Å²) in [4.78, 5) is 20.1. The predicted octanol–water partition coefficient (Wildman–Crippen LogP) is -0.0269. The second-order valence-corrected chi connectivity index (χ2v) is 1.91. The Labute approximate surface area is 64.1 Å². The minimum absolute atomic E-state index is 0.0308. The molecule has 0 rings (SSSR count). The third kappa shape index (κ3) is 8.61. The van der Waals surface area contributed by atoms with Gasteiger partial charge in [0.2, 0.25) is 5.91 Å². The molecule has 11 heavy (non-hydrogen) atoms. The summed E-state index contributed by atoms with van der Waals surface area (Å²) in [5.74, 6) is -1.14. The normalized spacial score (nSPS) is 9.91. The van der Waals surface area contributed by atoms with Crippen molar-refractivity contribution in [2.75, 3.05) is 0 Å². The van der Waals surface area contributed by atoms with Crippen molar-refractivity contribution in [3.05, 3.63) is 0 Å². The Morgan fingerprint density at radius 3 is 2.73 bits per heavy atom. The molecule has 0 aromatic rings. The van der Waals surface area contributed by atoms with E-state index in [0.717, 1.165) is 0 Å². The van der Waals surface area contributed by atoms with Gasteiger partial charge >= 0.3 is 5.97 Å². The number of hydrazone groups is 1. The van der Waals surface area contributed by atoms with E-state index in [1.165, 1.54) is 13.1 Å². The molecule has 5 heteroatoms. The minimum atomic E-state index is -0.876. The number of aliphatic carboxylic acids is 1. The van der Waals surface area contributed by atoms with Crippen molar-refractivity contribution in [2.45, 2.75) is 19.8 Å². The summed E-state index contributed by atoms with van der Waals surface area (Å²) >= 11 is 0. The van der Waals surface area contributed by atoms with Crippen LogP contribution in [-0.2, 0) is 9.59 Å². The number of carbonyl (C=O) groups excluding carboxylic acids is 1. The van der Waals surface area contributed by atoms with Crippen LogP contribution < -0.4 is 5.43 Å². The summed E-state index contributed by atoms with van der Waals surface area (Å²) < 4.78 is 0. The SMILES string of the molecule is CC(=O)N/N=C\CCC(=O)O. The zero-order chi connectivity index (χ0) is 8.69. The van der Waals surface area contributed by atoms with E-state index in [4.69, 9.17) is 5.11 Å². The first-order valence-electron chi connectivity index (χ1n) is 3.13. The van der Waals surface area contributed by atoms with Crippen molar-refractivity contribution >= 4 is 18.1 Å². The number of hydrogen-bond donors (Lipinski definition) is 2. The van der Waals surface area contributed by atoms with E-state index < -0.39 is 5.97 Å². The average molecular weight is 158 g/mol. The molecule has 0 saturated carbocycles. The summed E-state index contributed by atoms with van der Waals surface area (Å²) in [7, 11) is 0. The van der Waals surface area contributed by atoms with Gasteiger partial charge in [0.25, 0.3) is 0 Å². The van der Waals surface area contributed by atoms with Crippen molar-refractivity contribution in [1.29, 1.82) is 0 Å². The van der Waals surface area contributed by atoms with E-state index in [1.54, 1.807) is 0 Å². The molecule has 0 spiro atoms. The van der Waals surface area contributed by atoms with E-state index in [2.05, 4.69) is 10.5 Å². The minimum Gasteiger partial charge on any atom is -0.481 e. The van der Waals surface area contributed by atoms with Crippen molar-refractivity contribution < 1.29 is 14.7 Å². The van der Waals surface area contributed by atoms with Gasteiger partial charge in [0.15, 0.2) is 0 Å². The molecule has 0 aliphatic carbocycles. The van der Waals surface area contributed by atoms with Crippen molar-refractivity contribution in [1.82, 2.24) is 5.43 Å². The molecule has 0 aromatic carbocycles. The van der Waals surface area contributed by atoms with Gasteiger partial charge in [-0.2, -0.15) is 5.10 Å². The highest BCUT2D eigenvalue weighted by Crippen LogP contribution is 1.82. The van der Waals surface area contributed by atoms with Crippen LogP contribution in [0.25, 0.3) is 0 Å². The maximum Gasteiger partial charge on any atom is 0.303 e. The zero-order valence-electron chi connectivity index (χ0n) is 6.20. The number of carboxylic acid groups (broad SMARTS) is 1. The lowest BCUT2D eigenvalue weighted by Gasteiger charge is -1.89. The Hall–Kier alpha value is -1.39. The molecule has 0 atom stereocenters. The summed E-state index contributed by atoms with van der Waals surface area (Å²) in [6.07, 6.45) is 1.72. The number of nitrogens with one attached hydrogen (secondary N) is 1. The van der Waals surface area contributed by atoms with Crippen LogP contribution >= 0.6 is 0 Å². The number of rotatable bonds is 4. The average Bonchev–Trinajstić information content (AvgIpc) is 1.85. The highest BCUT2D eigenvalue weighted by Gasteiger charge is 1.92. The monoisotopic (exact) mass is 158 g/mol. The van der Waals surface area contributed by atoms with Gasteiger partial charge in [0, 0.05) is 13.1 Å². The van der Waals surface area contributed by atoms with Gasteiger partial charge in [0.05, 0.1) is 6.42 Å². The molecule has 0 aliphatic heterocycles. The first kappa shape index (κ1) is 9.61. The number of carbonyl (C=O) groups is 2. The number of carboxylic acids is 1. The summed E-state index contributed by atoms with van der Waals surface area (Å²) in [6, 6.07) is 0. The smallest absolute Gasteiger partial charge is 0.303 e. The highest BCUT2D eigenvalue weighted by molar-refractivity contribution is 5.75. The second-order valence-electron chi connectivity index (χ2n) is 1.91. The molecule has 0 heterocycles. The van der Waals surface area contributed by atoms with Gasteiger partial charge < -0.3 is 5.11 Å². The number of hydrogen-bond acceptors (Lipinski definition) is 3. The standard InChI is InChI=1S/C6H10N2O3/c1-5(9)8-7-4-2-3-6(10)11/h4H,2-3H2,1H3,(H,8,9)(H,10,11)/b7-4-. The maximum atomic E-state index is 10.2. The fourth-order valence-electron chi connectivity index (χ4n) is 0.389. The van der Waals surface area contributed by atoms with Gasteiger partial charge in [-0.3, -0.25) is 9.59 Å². The molecule has 0 fully saturated rings. The summed E-state index contributed by atoms with van der Waals surface area (Å²) in [6.45, 7) is 1.33. The lowest BCUT2D eigenvalue weighted by Crippen LogP contribution is -2.12. The van der Waals surface area contributed by atoms with Gasteiger partial charge in [-0.15, -0.1) is 0 Å². The molecule has 2 N–H and O–H groups in total. The van der Waals surface area contributed by atoms with Crippen LogP contribution in [0.4, 0.5) is 0 Å². The van der Waals surface area contributed by atoms with E-state index in [1.807, 2.05) is 0 Å². The van der Waals surface area contributed by atoms with Crippen LogP contribution in [0.15, 0.2) is 5.10 Å². The van der Waals surface area contributed by atoms with Gasteiger partial charge in [0.1, 0.15) is 0 Å². The van der Waals surface area contributed by atoms with Crippen molar-refractivity contribution in [3.8, 4) is 0 Å². The molecule has 0 aliphatic rings. The number of amides is 1. The quantitative estimate of drug-likeness (QED) is 0.445. The van der Waals surface area contributed by atoms with Crippen molar-refractivity contribution in [3.63, 3.8) is 0 Å². The number of nitrogens with zero attached hydrogens (tertiary/aromatic N) is 1. The van der Waals surface area contributed by atoms with E-state index in [0.29, 0.717) is 6.42 Å². The summed E-state index contributed by atoms with van der Waals surface area (Å²) in [5.41, 5.74) is 2.16. The summed E-state index contributed by atoms with van der Waals surface area (Å²) in [5, 5.41) is 11.6. The van der Waals surface area contributed by atoms with Crippen molar-refractivity contribution in [2.24, 2.45) is 5.10 Å². The second kappa shape index (κ2) is 5.40. The Bertz CT molecular complexity index is 177. The molecule has 0 radical (unpaired) electrons. The van der Waals surface area contributed by atoms with E-state index in [9.17, 15) is 9.59 Å². The molecule has 5 nitrogen and oxygen atoms in total. The first-order valence-corrected chi connectivity index (χ1v) is 3.13. The molecule has 0 saturated heterocycles. The lowest BCUT2D eigenvalue weighted by molar-refractivity contribution is -0.136. The van der Waals surface area contributed by atoms with Gasteiger partial charge in [-0.05, 0) is 6.42 Å². The fraction of sp³-hybridized carbons (Fsp3) is 0.500. The molecular weight excluding hydrogens is 148 g/mol. The van der Waals surface area contributed by atoms with Crippen LogP contribution in [0.3, 0.4) is 0 Å². The van der Waals surface area contributed by atoms with E-state index >= 15 is 0 Å². The van der Waals surface area contributed by atoms with Gasteiger partial charge in [-0.1, -0.05) is 0 Å². The topological polar surface area (TPSA) is 78.8 Å². The maximum absolute atomic E-state index is 10.2. The van der Waals surface area contributed by atoms with E-state index in [-0.39, 0.29) is 12.3 Å².